The average Bonchev–Trinajstić information content (AvgIpc) is 2.03. The van der Waals surface area contributed by atoms with Crippen molar-refractivity contribution in [3.63, 3.8) is 0 Å². The number of hydrogen-bond donors (Lipinski definition) is 2. The Morgan fingerprint density at radius 3 is 2.67 bits per heavy atom. The summed E-state index contributed by atoms with van der Waals surface area (Å²) in [4.78, 5) is 3.60. The predicted molar refractivity (Wildman–Crippen MR) is 43.8 cm³/mol. The van der Waals surface area contributed by atoms with E-state index >= 15 is 0 Å². The van der Waals surface area contributed by atoms with Gasteiger partial charge in [-0.05, 0) is 6.07 Å². The summed E-state index contributed by atoms with van der Waals surface area (Å²) in [6.07, 6.45) is 0. The van der Waals surface area contributed by atoms with Gasteiger partial charge < -0.3 is 10.0 Å². The van der Waals surface area contributed by atoms with Crippen LogP contribution in [-0.4, -0.2) is 22.2 Å². The van der Waals surface area contributed by atoms with Crippen LogP contribution < -0.4 is 5.46 Å². The fraction of sp³-hybridized carbons (Fsp3) is 0. The van der Waals surface area contributed by atoms with Gasteiger partial charge in [0.15, 0.2) is 0 Å². The topological polar surface area (TPSA) is 77.1 Å². The van der Waals surface area contributed by atoms with Crippen LogP contribution in [-0.2, 0) is 0 Å². The number of hydrogen-bond acceptors (Lipinski definition) is 4. The molecule has 0 bridgehead atoms. The van der Waals surface area contributed by atoms with E-state index in [-0.39, 0.29) is 16.3 Å². The highest BCUT2D eigenvalue weighted by Gasteiger charge is 2.16. The van der Waals surface area contributed by atoms with Gasteiger partial charge in [-0.3, -0.25) is 0 Å². The van der Waals surface area contributed by atoms with Crippen LogP contribution in [0.3, 0.4) is 0 Å². The van der Waals surface area contributed by atoms with Crippen LogP contribution in [0.15, 0.2) is 12.1 Å². The largest absolute Gasteiger partial charge is 0.491 e. The SMILES string of the molecule is N#Cc1nc(Cl)ccc1B(O)O. The van der Waals surface area contributed by atoms with Crippen LogP contribution in [0.1, 0.15) is 5.69 Å². The average molecular weight is 182 g/mol. The zero-order valence-corrected chi connectivity index (χ0v) is 6.65. The van der Waals surface area contributed by atoms with E-state index < -0.39 is 7.12 Å². The number of nitriles is 1. The molecule has 1 rings (SSSR count). The van der Waals surface area contributed by atoms with E-state index in [1.54, 1.807) is 6.07 Å². The lowest BCUT2D eigenvalue weighted by atomic mass is 9.79. The van der Waals surface area contributed by atoms with E-state index in [1.807, 2.05) is 0 Å². The smallest absolute Gasteiger partial charge is 0.423 e. The van der Waals surface area contributed by atoms with Gasteiger partial charge in [0.05, 0.1) is 0 Å². The second-order valence-corrected chi connectivity index (χ2v) is 2.44. The molecular formula is C6H4BClN2O2. The number of halogens is 1. The van der Waals surface area contributed by atoms with Crippen LogP contribution in [0.2, 0.25) is 5.15 Å². The number of pyridine rings is 1. The Kier molecular flexibility index (Phi) is 2.66. The van der Waals surface area contributed by atoms with Crippen molar-refractivity contribution in [2.24, 2.45) is 0 Å². The molecule has 1 aromatic heterocycles. The first kappa shape index (κ1) is 9.01. The van der Waals surface area contributed by atoms with Gasteiger partial charge in [-0.25, -0.2) is 4.98 Å². The third-order valence-electron chi connectivity index (χ3n) is 1.28. The molecule has 0 aliphatic carbocycles. The maximum atomic E-state index is 8.75. The molecule has 2 N–H and O–H groups in total. The third kappa shape index (κ3) is 1.74. The van der Waals surface area contributed by atoms with Gasteiger partial charge in [-0.2, -0.15) is 5.26 Å². The van der Waals surface area contributed by atoms with Crippen molar-refractivity contribution in [3.8, 4) is 6.07 Å². The first-order chi connectivity index (χ1) is 5.65. The maximum Gasteiger partial charge on any atom is 0.491 e. The molecule has 12 heavy (non-hydrogen) atoms. The zero-order valence-electron chi connectivity index (χ0n) is 5.90. The molecule has 0 saturated carbocycles. The summed E-state index contributed by atoms with van der Waals surface area (Å²) in [7, 11) is -1.69. The van der Waals surface area contributed by atoms with Gasteiger partial charge in [0.1, 0.15) is 16.9 Å². The highest BCUT2D eigenvalue weighted by Crippen LogP contribution is 2.02. The molecule has 0 atom stereocenters. The fourth-order valence-electron chi connectivity index (χ4n) is 0.744. The van der Waals surface area contributed by atoms with Crippen molar-refractivity contribution in [2.45, 2.75) is 0 Å². The Balaban J connectivity index is 3.23. The first-order valence-corrected chi connectivity index (χ1v) is 3.45. The van der Waals surface area contributed by atoms with Crippen molar-refractivity contribution in [1.82, 2.24) is 4.98 Å². The van der Waals surface area contributed by atoms with E-state index in [4.69, 9.17) is 26.9 Å². The van der Waals surface area contributed by atoms with E-state index in [2.05, 4.69) is 4.98 Å². The van der Waals surface area contributed by atoms with Crippen molar-refractivity contribution in [3.05, 3.63) is 23.0 Å². The quantitative estimate of drug-likeness (QED) is 0.444. The van der Waals surface area contributed by atoms with Crippen LogP contribution >= 0.6 is 11.6 Å². The Bertz CT molecular complexity index is 337. The molecule has 1 heterocycles. The number of rotatable bonds is 1. The predicted octanol–water partition coefficient (Wildman–Crippen LogP) is -0.714. The van der Waals surface area contributed by atoms with Crippen LogP contribution in [0.4, 0.5) is 0 Å². The molecule has 0 aromatic carbocycles. The molecule has 0 aliphatic rings. The van der Waals surface area contributed by atoms with Gasteiger partial charge >= 0.3 is 7.12 Å². The van der Waals surface area contributed by atoms with Crippen LogP contribution in [0, 0.1) is 11.3 Å². The van der Waals surface area contributed by atoms with Crippen molar-refractivity contribution >= 4 is 24.2 Å². The maximum absolute atomic E-state index is 8.75. The molecular weight excluding hydrogens is 178 g/mol. The second-order valence-electron chi connectivity index (χ2n) is 2.06. The van der Waals surface area contributed by atoms with Crippen LogP contribution in [0.25, 0.3) is 0 Å². The lowest BCUT2D eigenvalue weighted by Gasteiger charge is -2.00. The Morgan fingerprint density at radius 1 is 1.50 bits per heavy atom. The van der Waals surface area contributed by atoms with E-state index in [0.29, 0.717) is 0 Å². The summed E-state index contributed by atoms with van der Waals surface area (Å²) in [6.45, 7) is 0. The molecule has 0 unspecified atom stereocenters. The third-order valence-corrected chi connectivity index (χ3v) is 1.49. The molecule has 0 amide bonds. The zero-order chi connectivity index (χ0) is 9.14. The lowest BCUT2D eigenvalue weighted by molar-refractivity contribution is 0.425. The summed E-state index contributed by atoms with van der Waals surface area (Å²) in [6, 6.07) is 4.43. The molecule has 6 heteroatoms. The van der Waals surface area contributed by atoms with Gasteiger partial charge in [-0.1, -0.05) is 17.7 Å². The van der Waals surface area contributed by atoms with Gasteiger partial charge in [0.2, 0.25) is 0 Å². The minimum atomic E-state index is -1.69. The van der Waals surface area contributed by atoms with Gasteiger partial charge in [0, 0.05) is 5.46 Å². The number of nitrogens with zero attached hydrogens (tertiary/aromatic N) is 2. The molecule has 0 saturated heterocycles. The molecule has 1 aromatic rings. The summed E-state index contributed by atoms with van der Waals surface area (Å²) >= 11 is 5.47. The highest BCUT2D eigenvalue weighted by atomic mass is 35.5. The summed E-state index contributed by atoms with van der Waals surface area (Å²) < 4.78 is 0. The van der Waals surface area contributed by atoms with E-state index in [1.165, 1.54) is 12.1 Å². The Labute approximate surface area is 74.2 Å². The van der Waals surface area contributed by atoms with Crippen molar-refractivity contribution < 1.29 is 10.0 Å². The summed E-state index contributed by atoms with van der Waals surface area (Å²) in [5.41, 5.74) is -0.0144. The molecule has 60 valence electrons. The summed E-state index contributed by atoms with van der Waals surface area (Å²) in [5.74, 6) is 0. The molecule has 0 fully saturated rings. The van der Waals surface area contributed by atoms with Crippen LogP contribution in [0.5, 0.6) is 0 Å². The number of aromatic nitrogens is 1. The minimum Gasteiger partial charge on any atom is -0.423 e. The highest BCUT2D eigenvalue weighted by molar-refractivity contribution is 6.59. The Hall–Kier alpha value is -1.09. The second kappa shape index (κ2) is 3.54. The lowest BCUT2D eigenvalue weighted by Crippen LogP contribution is -2.32. The summed E-state index contributed by atoms with van der Waals surface area (Å²) in [5, 5.41) is 26.1. The fourth-order valence-corrected chi connectivity index (χ4v) is 0.892. The molecule has 4 nitrogen and oxygen atoms in total. The molecule has 0 aliphatic heterocycles. The molecule has 0 spiro atoms. The van der Waals surface area contributed by atoms with E-state index in [9.17, 15) is 0 Å². The normalized spacial score (nSPS) is 9.17. The van der Waals surface area contributed by atoms with E-state index in [0.717, 1.165) is 0 Å². The van der Waals surface area contributed by atoms with Crippen molar-refractivity contribution in [2.75, 3.05) is 0 Å². The monoisotopic (exact) mass is 182 g/mol. The van der Waals surface area contributed by atoms with Crippen molar-refractivity contribution in [1.29, 1.82) is 5.26 Å². The first-order valence-electron chi connectivity index (χ1n) is 3.08. The standard InChI is InChI=1S/C6H4BClN2O2/c8-6-2-1-4(7(11)12)5(3-9)10-6/h1-2,11-12H. The Morgan fingerprint density at radius 2 is 2.17 bits per heavy atom. The minimum absolute atomic E-state index is 0.0573. The van der Waals surface area contributed by atoms with Gasteiger partial charge in [-0.15, -0.1) is 0 Å². The van der Waals surface area contributed by atoms with Gasteiger partial charge in [0.25, 0.3) is 0 Å². The molecule has 0 radical (unpaired) electrons.